The second-order valence-corrected chi connectivity index (χ2v) is 14.8. The molecule has 0 aromatic rings. The van der Waals surface area contributed by atoms with E-state index in [4.69, 9.17) is 24.0 Å². The Bertz CT molecular complexity index is 916. The molecular formula is C23H40FN2O10PS2. The maximum atomic E-state index is 15.6. The fraction of sp³-hybridized carbons (Fsp3) is 0.783. The van der Waals surface area contributed by atoms with Crippen molar-refractivity contribution in [3.8, 4) is 0 Å². The summed E-state index contributed by atoms with van der Waals surface area (Å²) in [5.41, 5.74) is 1.56. The van der Waals surface area contributed by atoms with Crippen LogP contribution in [0.5, 0.6) is 0 Å². The van der Waals surface area contributed by atoms with Gasteiger partial charge in [-0.25, -0.2) is 8.96 Å². The molecule has 39 heavy (non-hydrogen) atoms. The highest BCUT2D eigenvalue weighted by Gasteiger charge is 2.62. The van der Waals surface area contributed by atoms with Gasteiger partial charge in [0.05, 0.1) is 13.2 Å². The van der Waals surface area contributed by atoms with Gasteiger partial charge < -0.3 is 26.0 Å². The minimum absolute atomic E-state index is 0.0941. The van der Waals surface area contributed by atoms with E-state index in [2.05, 4.69) is 5.32 Å². The average molecular weight is 619 g/mol. The van der Waals surface area contributed by atoms with Gasteiger partial charge in [0.2, 0.25) is 5.91 Å². The van der Waals surface area contributed by atoms with Crippen molar-refractivity contribution < 1.29 is 51.9 Å². The molecule has 1 saturated heterocycles. The lowest BCUT2D eigenvalue weighted by atomic mass is 9.95. The van der Waals surface area contributed by atoms with Gasteiger partial charge in [-0.15, -0.1) is 0 Å². The van der Waals surface area contributed by atoms with E-state index in [9.17, 15) is 29.2 Å². The van der Waals surface area contributed by atoms with Crippen LogP contribution in [0.3, 0.4) is 0 Å². The quantitative estimate of drug-likeness (QED) is 0.127. The first-order valence-electron chi connectivity index (χ1n) is 12.0. The Hall–Kier alpha value is -1.03. The van der Waals surface area contributed by atoms with Crippen LogP contribution in [-0.2, 0) is 37.3 Å². The van der Waals surface area contributed by atoms with Gasteiger partial charge >= 0.3 is 7.82 Å². The largest absolute Gasteiger partial charge is 0.475 e. The predicted molar refractivity (Wildman–Crippen MR) is 146 cm³/mol. The second kappa shape index (κ2) is 14.2. The number of nitrogens with two attached hydrogens (primary N) is 1. The average Bonchev–Trinajstić information content (AvgIpc) is 2.97. The van der Waals surface area contributed by atoms with Crippen LogP contribution in [0.1, 0.15) is 48.5 Å². The Labute approximate surface area is 236 Å². The summed E-state index contributed by atoms with van der Waals surface area (Å²) in [7, 11) is -4.50. The molecule has 0 aliphatic carbocycles. The number of phosphoric acid groups is 1. The summed E-state index contributed by atoms with van der Waals surface area (Å²) in [5, 5.41) is 23.1. The van der Waals surface area contributed by atoms with Crippen molar-refractivity contribution in [1.29, 1.82) is 0 Å². The first-order chi connectivity index (χ1) is 17.6. The van der Waals surface area contributed by atoms with Crippen molar-refractivity contribution in [2.45, 2.75) is 72.3 Å². The Morgan fingerprint density at radius 2 is 1.51 bits per heavy atom. The monoisotopic (exact) mass is 618 g/mol. The number of phosphoric ester groups is 1. The van der Waals surface area contributed by atoms with E-state index in [1.807, 2.05) is 0 Å². The molecule has 0 unspecified atom stereocenters. The Balaban J connectivity index is 2.90. The first kappa shape index (κ1) is 36.0. The van der Waals surface area contributed by atoms with Gasteiger partial charge in [0, 0.05) is 34.6 Å². The number of carbonyl (C=O) groups excluding carboxylic acids is 3. The van der Waals surface area contributed by atoms with Crippen LogP contribution in [-0.4, -0.2) is 81.5 Å². The van der Waals surface area contributed by atoms with Crippen LogP contribution in [0.25, 0.3) is 0 Å². The van der Waals surface area contributed by atoms with Gasteiger partial charge in [0.1, 0.15) is 18.3 Å². The van der Waals surface area contributed by atoms with Crippen LogP contribution in [0.15, 0.2) is 12.3 Å². The molecule has 1 rings (SSSR count). The summed E-state index contributed by atoms with van der Waals surface area (Å²) in [6.45, 7) is 9.82. The molecule has 0 aromatic heterocycles. The Morgan fingerprint density at radius 3 is 1.92 bits per heavy atom. The molecule has 16 heteroatoms. The van der Waals surface area contributed by atoms with Gasteiger partial charge in [-0.1, -0.05) is 65.1 Å². The summed E-state index contributed by atoms with van der Waals surface area (Å²) < 4.78 is 49.7. The van der Waals surface area contributed by atoms with Crippen molar-refractivity contribution in [2.24, 2.45) is 16.6 Å². The smallest absolute Gasteiger partial charge is 0.384 e. The zero-order chi connectivity index (χ0) is 30.3. The molecule has 0 aromatic carbocycles. The van der Waals surface area contributed by atoms with Gasteiger partial charge in [0.15, 0.2) is 16.5 Å². The normalized spacial score (nSPS) is 26.2. The topological polar surface area (TPSA) is 184 Å². The van der Waals surface area contributed by atoms with E-state index in [1.54, 1.807) is 41.5 Å². The molecule has 4 atom stereocenters. The summed E-state index contributed by atoms with van der Waals surface area (Å²) >= 11 is 1.89. The molecule has 0 spiro atoms. The maximum absolute atomic E-state index is 15.6. The van der Waals surface area contributed by atoms with E-state index in [0.717, 1.165) is 42.7 Å². The zero-order valence-electron chi connectivity index (χ0n) is 23.2. The highest BCUT2D eigenvalue weighted by Crippen LogP contribution is 2.52. The number of halogens is 1. The number of nitrogens with one attached hydrogen (secondary N) is 1. The lowest BCUT2D eigenvalue weighted by Crippen LogP contribution is -2.52. The van der Waals surface area contributed by atoms with Gasteiger partial charge in [0.25, 0.3) is 5.85 Å². The SMILES string of the molecule is CC(C)(C)C(=O)SCCOP(=O)(OCCSC(=O)C(C)(C)C)OC[C@@]1(F)O[C@@H](N/C=C\C(N)=O)[C@](C)(O)[C@@H]1O. The standard InChI is InChI=1S/C23H40FN2O10PS2/c1-20(2,3)18(29)38-12-10-33-37(32,34-11-13-39-19(30)21(4,5)6)35-14-23(24)16(28)22(7,31)17(36-23)26-9-8-15(25)27/h8-9,16-17,26,28,31H,10-14H2,1-7H3,(H2,25,27)/b9-8-/t16-,17+,22+,23+/m0/s1. The third-order valence-corrected chi connectivity index (χ3v) is 9.01. The number of carbonyl (C=O) groups is 3. The lowest BCUT2D eigenvalue weighted by molar-refractivity contribution is -0.196. The molecule has 226 valence electrons. The van der Waals surface area contributed by atoms with Crippen molar-refractivity contribution in [2.75, 3.05) is 31.3 Å². The molecule has 1 aliphatic heterocycles. The number of alkyl halides is 1. The summed E-state index contributed by atoms with van der Waals surface area (Å²) in [6, 6.07) is 0. The van der Waals surface area contributed by atoms with Gasteiger partial charge in [-0.3, -0.25) is 28.0 Å². The molecule has 1 amide bonds. The van der Waals surface area contributed by atoms with E-state index in [0.29, 0.717) is 0 Å². The summed E-state index contributed by atoms with van der Waals surface area (Å²) in [6.07, 6.45) is -1.83. The molecule has 0 radical (unpaired) electrons. The van der Waals surface area contributed by atoms with Crippen LogP contribution >= 0.6 is 31.3 Å². The van der Waals surface area contributed by atoms with Gasteiger partial charge in [-0.2, -0.15) is 0 Å². The number of ether oxygens (including phenoxy) is 1. The fourth-order valence-electron chi connectivity index (χ4n) is 2.77. The highest BCUT2D eigenvalue weighted by atomic mass is 32.2. The minimum Gasteiger partial charge on any atom is -0.384 e. The van der Waals surface area contributed by atoms with Crippen LogP contribution in [0.4, 0.5) is 4.39 Å². The molecule has 0 bridgehead atoms. The lowest BCUT2D eigenvalue weighted by Gasteiger charge is -2.28. The van der Waals surface area contributed by atoms with Crippen molar-refractivity contribution in [1.82, 2.24) is 5.32 Å². The highest BCUT2D eigenvalue weighted by molar-refractivity contribution is 8.14. The fourth-order valence-corrected chi connectivity index (χ4v) is 5.78. The number of thioether (sulfide) groups is 2. The van der Waals surface area contributed by atoms with E-state index < -0.39 is 55.0 Å². The molecule has 0 saturated carbocycles. The number of primary amides is 1. The van der Waals surface area contributed by atoms with Crippen LogP contribution in [0.2, 0.25) is 0 Å². The number of aliphatic hydroxyl groups excluding tert-OH is 1. The number of amides is 1. The molecule has 5 N–H and O–H groups in total. The number of rotatable bonds is 14. The third kappa shape index (κ3) is 11.4. The number of hydrogen-bond acceptors (Lipinski definition) is 13. The summed E-state index contributed by atoms with van der Waals surface area (Å²) in [4.78, 5) is 35.1. The van der Waals surface area contributed by atoms with Crippen molar-refractivity contribution in [3.63, 3.8) is 0 Å². The minimum atomic E-state index is -4.50. The molecule has 1 heterocycles. The second-order valence-electron chi connectivity index (χ2n) is 11.0. The van der Waals surface area contributed by atoms with Gasteiger partial charge in [-0.05, 0) is 6.92 Å². The maximum Gasteiger partial charge on any atom is 0.475 e. The molecule has 1 fully saturated rings. The van der Waals surface area contributed by atoms with Crippen molar-refractivity contribution in [3.05, 3.63) is 12.3 Å². The Morgan fingerprint density at radius 1 is 1.05 bits per heavy atom. The molecular weight excluding hydrogens is 578 g/mol. The molecule has 12 nitrogen and oxygen atoms in total. The third-order valence-electron chi connectivity index (χ3n) is 5.08. The zero-order valence-corrected chi connectivity index (χ0v) is 25.8. The van der Waals surface area contributed by atoms with Crippen LogP contribution < -0.4 is 11.1 Å². The predicted octanol–water partition coefficient (Wildman–Crippen LogP) is 2.48. The Kier molecular flexibility index (Phi) is 13.1. The van der Waals surface area contributed by atoms with Crippen molar-refractivity contribution >= 4 is 47.5 Å². The van der Waals surface area contributed by atoms with E-state index in [1.165, 1.54) is 0 Å². The van der Waals surface area contributed by atoms with E-state index in [-0.39, 0.29) is 35.0 Å². The van der Waals surface area contributed by atoms with Crippen LogP contribution in [0, 0.1) is 10.8 Å². The molecule has 1 aliphatic rings. The first-order valence-corrected chi connectivity index (χ1v) is 15.4. The van der Waals surface area contributed by atoms with E-state index >= 15 is 4.39 Å². The summed E-state index contributed by atoms with van der Waals surface area (Å²) in [5.74, 6) is -3.71. The number of aliphatic hydroxyl groups is 2. The number of hydrogen-bond donors (Lipinski definition) is 4.